The Hall–Kier alpha value is -3.39. The van der Waals surface area contributed by atoms with Crippen LogP contribution >= 0.6 is 0 Å². The number of nitrogens with zero attached hydrogens (tertiary/aromatic N) is 2. The third-order valence-electron chi connectivity index (χ3n) is 4.12. The monoisotopic (exact) mass is 346 g/mol. The number of ketones is 1. The fourth-order valence-corrected chi connectivity index (χ4v) is 2.69. The molecule has 0 fully saturated rings. The van der Waals surface area contributed by atoms with E-state index < -0.39 is 0 Å². The van der Waals surface area contributed by atoms with Crippen LogP contribution in [0.2, 0.25) is 0 Å². The van der Waals surface area contributed by atoms with E-state index in [0.717, 1.165) is 23.3 Å². The molecule has 3 rings (SSSR count). The number of benzene rings is 2. The zero-order valence-corrected chi connectivity index (χ0v) is 14.7. The van der Waals surface area contributed by atoms with Gasteiger partial charge in [0.25, 0.3) is 0 Å². The second-order valence-corrected chi connectivity index (χ2v) is 6.00. The first-order valence-electron chi connectivity index (χ1n) is 8.30. The van der Waals surface area contributed by atoms with Gasteiger partial charge in [0.05, 0.1) is 11.6 Å². The lowest BCUT2D eigenvalue weighted by molar-refractivity contribution is 0.100. The van der Waals surface area contributed by atoms with Crippen molar-refractivity contribution >= 4 is 5.78 Å². The number of ether oxygens (including phenoxy) is 1. The third-order valence-corrected chi connectivity index (χ3v) is 4.12. The molecule has 26 heavy (non-hydrogen) atoms. The average Bonchev–Trinajstić information content (AvgIpc) is 3.03. The molecule has 0 aliphatic rings. The van der Waals surface area contributed by atoms with Crippen LogP contribution in [0, 0.1) is 18.3 Å². The molecule has 0 radical (unpaired) electrons. The van der Waals surface area contributed by atoms with Crippen LogP contribution in [0.3, 0.4) is 0 Å². The largest absolute Gasteiger partial charge is 0.457 e. The molecule has 0 amide bonds. The van der Waals surface area contributed by atoms with Crippen molar-refractivity contribution in [1.29, 1.82) is 5.26 Å². The predicted octanol–water partition coefficient (Wildman–Crippen LogP) is 4.63. The number of aryl methyl sites for hydroxylation is 2. The highest BCUT2D eigenvalue weighted by Crippen LogP contribution is 2.23. The molecular formula is C21H18N2O3. The molecule has 0 aliphatic heterocycles. The van der Waals surface area contributed by atoms with Crippen molar-refractivity contribution < 1.29 is 14.1 Å². The molecule has 0 atom stereocenters. The van der Waals surface area contributed by atoms with Gasteiger partial charge in [0, 0.05) is 12.5 Å². The van der Waals surface area contributed by atoms with E-state index in [9.17, 15) is 4.79 Å². The first kappa shape index (κ1) is 17.4. The number of hydrogen-bond donors (Lipinski definition) is 0. The van der Waals surface area contributed by atoms with E-state index in [-0.39, 0.29) is 5.78 Å². The van der Waals surface area contributed by atoms with Crippen LogP contribution in [0.4, 0.5) is 0 Å². The minimum atomic E-state index is -0.0805. The zero-order valence-electron chi connectivity index (χ0n) is 14.7. The summed E-state index contributed by atoms with van der Waals surface area (Å²) in [6.45, 7) is 3.32. The number of carbonyl (C=O) groups is 1. The molecule has 3 aromatic rings. The van der Waals surface area contributed by atoms with Crippen LogP contribution in [0.5, 0.6) is 11.5 Å². The Balaban J connectivity index is 1.64. The Labute approximate surface area is 151 Å². The highest BCUT2D eigenvalue weighted by Gasteiger charge is 2.16. The van der Waals surface area contributed by atoms with Gasteiger partial charge in [-0.1, -0.05) is 17.3 Å². The summed E-state index contributed by atoms with van der Waals surface area (Å²) in [6, 6.07) is 16.9. The highest BCUT2D eigenvalue weighted by molar-refractivity contribution is 5.93. The third kappa shape index (κ3) is 3.98. The number of nitriles is 1. The Bertz CT molecular complexity index is 948. The first-order valence-corrected chi connectivity index (χ1v) is 8.30. The van der Waals surface area contributed by atoms with E-state index in [4.69, 9.17) is 14.5 Å². The summed E-state index contributed by atoms with van der Waals surface area (Å²) in [5.74, 6) is 2.02. The molecule has 1 heterocycles. The predicted molar refractivity (Wildman–Crippen MR) is 96.3 cm³/mol. The van der Waals surface area contributed by atoms with E-state index in [1.807, 2.05) is 31.2 Å². The first-order chi connectivity index (χ1) is 12.6. The molecule has 0 unspecified atom stereocenters. The summed E-state index contributed by atoms with van der Waals surface area (Å²) in [6.07, 6.45) is 1.47. The standard InChI is InChI=1S/C21H18N2O3/c1-14(24)21-20(15(2)26-23-21)12-7-16-3-8-18(9-4-16)25-19-10-5-17(13-22)6-11-19/h3-6,8-11H,7,12H2,1-2H3. The van der Waals surface area contributed by atoms with Crippen molar-refractivity contribution in [2.24, 2.45) is 0 Å². The Morgan fingerprint density at radius 1 is 1.08 bits per heavy atom. The SMILES string of the molecule is CC(=O)c1noc(C)c1CCc1ccc(Oc2ccc(C#N)cc2)cc1. The minimum absolute atomic E-state index is 0.0805. The summed E-state index contributed by atoms with van der Waals surface area (Å²) in [4.78, 5) is 11.6. The van der Waals surface area contributed by atoms with Gasteiger partial charge in [-0.2, -0.15) is 5.26 Å². The maximum absolute atomic E-state index is 11.6. The summed E-state index contributed by atoms with van der Waals surface area (Å²) < 4.78 is 10.9. The molecule has 5 nitrogen and oxygen atoms in total. The molecule has 0 N–H and O–H groups in total. The lowest BCUT2D eigenvalue weighted by Crippen LogP contribution is -2.01. The smallest absolute Gasteiger partial charge is 0.181 e. The van der Waals surface area contributed by atoms with Crippen molar-refractivity contribution in [1.82, 2.24) is 5.16 Å². The van der Waals surface area contributed by atoms with Crippen molar-refractivity contribution in [3.05, 3.63) is 76.7 Å². The number of Topliss-reactive ketones (excluding diaryl/α,β-unsaturated/α-hetero) is 1. The number of aromatic nitrogens is 1. The molecule has 0 spiro atoms. The van der Waals surface area contributed by atoms with Gasteiger partial charge in [-0.3, -0.25) is 4.79 Å². The van der Waals surface area contributed by atoms with Crippen LogP contribution in [0.1, 0.15) is 39.9 Å². The second kappa shape index (κ2) is 7.66. The topological polar surface area (TPSA) is 76.1 Å². The van der Waals surface area contributed by atoms with Crippen LogP contribution in [0.15, 0.2) is 53.1 Å². The van der Waals surface area contributed by atoms with Gasteiger partial charge in [-0.05, 0) is 61.7 Å². The van der Waals surface area contributed by atoms with Gasteiger partial charge >= 0.3 is 0 Å². The van der Waals surface area contributed by atoms with E-state index in [1.165, 1.54) is 6.92 Å². The molecular weight excluding hydrogens is 328 g/mol. The molecule has 5 heteroatoms. The van der Waals surface area contributed by atoms with Crippen molar-refractivity contribution in [2.75, 3.05) is 0 Å². The van der Waals surface area contributed by atoms with Gasteiger partial charge in [-0.15, -0.1) is 0 Å². The Kier molecular flexibility index (Phi) is 5.14. The number of carbonyl (C=O) groups excluding carboxylic acids is 1. The number of hydrogen-bond acceptors (Lipinski definition) is 5. The second-order valence-electron chi connectivity index (χ2n) is 6.00. The van der Waals surface area contributed by atoms with Gasteiger partial charge in [0.1, 0.15) is 17.3 Å². The van der Waals surface area contributed by atoms with Crippen LogP contribution < -0.4 is 4.74 Å². The maximum atomic E-state index is 11.6. The summed E-state index contributed by atoms with van der Waals surface area (Å²) in [7, 11) is 0. The highest BCUT2D eigenvalue weighted by atomic mass is 16.5. The normalized spacial score (nSPS) is 10.3. The van der Waals surface area contributed by atoms with Crippen molar-refractivity contribution in [3.8, 4) is 17.6 Å². The average molecular weight is 346 g/mol. The number of rotatable bonds is 6. The van der Waals surface area contributed by atoms with Crippen LogP contribution in [-0.2, 0) is 12.8 Å². The van der Waals surface area contributed by atoms with Gasteiger partial charge in [-0.25, -0.2) is 0 Å². The van der Waals surface area contributed by atoms with Gasteiger partial charge < -0.3 is 9.26 Å². The summed E-state index contributed by atoms with van der Waals surface area (Å²) in [5.41, 5.74) is 3.02. The molecule has 0 saturated heterocycles. The van der Waals surface area contributed by atoms with E-state index >= 15 is 0 Å². The molecule has 1 aromatic heterocycles. The van der Waals surface area contributed by atoms with E-state index in [2.05, 4.69) is 11.2 Å². The zero-order chi connectivity index (χ0) is 18.5. The lowest BCUT2D eigenvalue weighted by Gasteiger charge is -2.07. The molecule has 130 valence electrons. The molecule has 2 aromatic carbocycles. The fourth-order valence-electron chi connectivity index (χ4n) is 2.69. The fraction of sp³-hybridized carbons (Fsp3) is 0.190. The van der Waals surface area contributed by atoms with Crippen LogP contribution in [0.25, 0.3) is 0 Å². The minimum Gasteiger partial charge on any atom is -0.457 e. The van der Waals surface area contributed by atoms with Crippen molar-refractivity contribution in [2.45, 2.75) is 26.7 Å². The maximum Gasteiger partial charge on any atom is 0.181 e. The van der Waals surface area contributed by atoms with E-state index in [1.54, 1.807) is 24.3 Å². The molecule has 0 saturated carbocycles. The van der Waals surface area contributed by atoms with Gasteiger partial charge in [0.15, 0.2) is 11.5 Å². The van der Waals surface area contributed by atoms with Crippen molar-refractivity contribution in [3.63, 3.8) is 0 Å². The quantitative estimate of drug-likeness (QED) is 0.608. The molecule has 0 aliphatic carbocycles. The Morgan fingerprint density at radius 3 is 2.27 bits per heavy atom. The lowest BCUT2D eigenvalue weighted by atomic mass is 10.0. The summed E-state index contributed by atoms with van der Waals surface area (Å²) >= 11 is 0. The Morgan fingerprint density at radius 2 is 1.69 bits per heavy atom. The summed E-state index contributed by atoms with van der Waals surface area (Å²) in [5, 5.41) is 12.6. The van der Waals surface area contributed by atoms with Crippen LogP contribution in [-0.4, -0.2) is 10.9 Å². The molecule has 0 bridgehead atoms. The van der Waals surface area contributed by atoms with Gasteiger partial charge in [0.2, 0.25) is 0 Å². The van der Waals surface area contributed by atoms with E-state index in [0.29, 0.717) is 29.2 Å².